The molecule has 0 spiro atoms. The van der Waals surface area contributed by atoms with E-state index < -0.39 is 12.8 Å². The van der Waals surface area contributed by atoms with Crippen molar-refractivity contribution in [1.82, 2.24) is 0 Å². The van der Waals surface area contributed by atoms with Crippen LogP contribution in [0.15, 0.2) is 0 Å². The Morgan fingerprint density at radius 2 is 2.83 bits per heavy atom. The molecule has 0 aliphatic carbocycles. The number of carbonyl (C=O) groups excluding carboxylic acids is 1. The Bertz CT molecular complexity index is 72.8. The normalized spacial score (nSPS) is 19.0. The second-order valence-electron chi connectivity index (χ2n) is 1.21. The minimum absolute atomic E-state index is 0.394. The van der Waals surface area contributed by atoms with E-state index in [4.69, 9.17) is 2.74 Å². The molecule has 0 aliphatic heterocycles. The number of hydrogen-bond donors (Lipinski definition) is 0. The maximum atomic E-state index is 9.94. The van der Waals surface area contributed by atoms with E-state index in [0.717, 1.165) is 0 Å². The first-order chi connectivity index (χ1) is 3.72. The molecule has 0 aromatic carbocycles. The number of aldehydes is 1. The topological polar surface area (TPSA) is 17.1 Å². The molecule has 0 N–H and O–H groups in total. The minimum atomic E-state index is -0.988. The van der Waals surface area contributed by atoms with Gasteiger partial charge in [0.2, 0.25) is 0 Å². The third kappa shape index (κ3) is 1.94. The van der Waals surface area contributed by atoms with E-state index in [-0.39, 0.29) is 0 Å². The van der Waals surface area contributed by atoms with Crippen LogP contribution >= 0.6 is 0 Å². The van der Waals surface area contributed by atoms with E-state index in [1.807, 2.05) is 0 Å². The van der Waals surface area contributed by atoms with Crippen LogP contribution in [0, 0.1) is 5.92 Å². The lowest BCUT2D eigenvalue weighted by atomic mass is 10.2. The van der Waals surface area contributed by atoms with Crippen molar-refractivity contribution in [2.45, 2.75) is 20.2 Å². The maximum Gasteiger partial charge on any atom is 0.122 e. The molecule has 0 aromatic rings. The van der Waals surface area contributed by atoms with Gasteiger partial charge in [-0.1, -0.05) is 13.8 Å². The van der Waals surface area contributed by atoms with Crippen LogP contribution in [0.3, 0.4) is 0 Å². The Morgan fingerprint density at radius 1 is 2.17 bits per heavy atom. The molecule has 0 heterocycles. The van der Waals surface area contributed by atoms with Crippen molar-refractivity contribution in [3.63, 3.8) is 0 Å². The molecule has 0 rings (SSSR count). The summed E-state index contributed by atoms with van der Waals surface area (Å²) in [6.07, 6.45) is 1.27. The van der Waals surface area contributed by atoms with Crippen LogP contribution in [0.1, 0.15) is 23.0 Å². The van der Waals surface area contributed by atoms with Crippen LogP contribution in [-0.2, 0) is 4.79 Å². The van der Waals surface area contributed by atoms with Gasteiger partial charge in [0.15, 0.2) is 0 Å². The van der Waals surface area contributed by atoms with E-state index in [0.29, 0.717) is 12.7 Å². The first-order valence-corrected chi connectivity index (χ1v) is 2.02. The second kappa shape index (κ2) is 2.88. The van der Waals surface area contributed by atoms with Gasteiger partial charge in [0, 0.05) is 8.66 Å². The molecule has 0 radical (unpaired) electrons. The smallest absolute Gasteiger partial charge is 0.122 e. The van der Waals surface area contributed by atoms with Gasteiger partial charge in [-0.3, -0.25) is 0 Å². The van der Waals surface area contributed by atoms with Gasteiger partial charge in [-0.05, 0) is 6.42 Å². The van der Waals surface area contributed by atoms with Gasteiger partial charge < -0.3 is 4.79 Å². The number of rotatable bonds is 2. The standard InChI is InChI=1S/C5H10O/c1-3-5(2)4-6/h4-5H,3H2,1-2H3/i2D2. The molecule has 1 unspecified atom stereocenters. The Balaban J connectivity index is 3.51. The molecule has 36 valence electrons. The summed E-state index contributed by atoms with van der Waals surface area (Å²) in [5.41, 5.74) is 0. The average Bonchev–Trinajstić information content (AvgIpc) is 1.69. The molecule has 0 bridgehead atoms. The first kappa shape index (κ1) is 2.78. The monoisotopic (exact) mass is 88.1 g/mol. The van der Waals surface area contributed by atoms with Gasteiger partial charge in [0.25, 0.3) is 0 Å². The summed E-state index contributed by atoms with van der Waals surface area (Å²) in [7, 11) is 0. The van der Waals surface area contributed by atoms with Crippen molar-refractivity contribution >= 4 is 6.29 Å². The third-order valence-corrected chi connectivity index (χ3v) is 0.646. The lowest BCUT2D eigenvalue weighted by molar-refractivity contribution is -0.110. The highest BCUT2D eigenvalue weighted by Crippen LogP contribution is 1.91. The Morgan fingerprint density at radius 3 is 2.83 bits per heavy atom. The predicted molar refractivity (Wildman–Crippen MR) is 25.5 cm³/mol. The van der Waals surface area contributed by atoms with E-state index in [1.54, 1.807) is 6.92 Å². The molecular weight excluding hydrogens is 76.1 g/mol. The van der Waals surface area contributed by atoms with Crippen molar-refractivity contribution in [2.24, 2.45) is 5.92 Å². The van der Waals surface area contributed by atoms with E-state index in [1.165, 1.54) is 0 Å². The molecule has 0 saturated carbocycles. The zero-order chi connectivity index (χ0) is 6.57. The summed E-state index contributed by atoms with van der Waals surface area (Å²) in [6, 6.07) is 0. The van der Waals surface area contributed by atoms with Crippen LogP contribution in [0.4, 0.5) is 0 Å². The van der Waals surface area contributed by atoms with Crippen LogP contribution < -0.4 is 0 Å². The molecule has 0 fully saturated rings. The van der Waals surface area contributed by atoms with Crippen LogP contribution in [0.5, 0.6) is 0 Å². The van der Waals surface area contributed by atoms with Gasteiger partial charge in [-0.25, -0.2) is 0 Å². The van der Waals surface area contributed by atoms with E-state index in [9.17, 15) is 4.79 Å². The molecule has 0 aliphatic rings. The van der Waals surface area contributed by atoms with Crippen molar-refractivity contribution in [3.05, 3.63) is 0 Å². The molecule has 1 heteroatoms. The Labute approximate surface area is 41.2 Å². The van der Waals surface area contributed by atoms with Gasteiger partial charge in [-0.2, -0.15) is 0 Å². The van der Waals surface area contributed by atoms with Crippen LogP contribution in [0.2, 0.25) is 0 Å². The van der Waals surface area contributed by atoms with Gasteiger partial charge in [-0.15, -0.1) is 0 Å². The van der Waals surface area contributed by atoms with Crippen molar-refractivity contribution < 1.29 is 7.54 Å². The summed E-state index contributed by atoms with van der Waals surface area (Å²) in [4.78, 5) is 9.94. The fourth-order valence-corrected chi connectivity index (χ4v) is 0.0962. The lowest BCUT2D eigenvalue weighted by Crippen LogP contribution is -1.89. The number of hydrogen-bond acceptors (Lipinski definition) is 1. The first-order valence-electron chi connectivity index (χ1n) is 3.17. The zero-order valence-corrected chi connectivity index (χ0v) is 3.85. The summed E-state index contributed by atoms with van der Waals surface area (Å²) in [6.45, 7) is 0.812. The molecule has 1 atom stereocenters. The molecule has 0 saturated heterocycles. The summed E-state index contributed by atoms with van der Waals surface area (Å²) in [5, 5.41) is 0. The molecule has 0 aromatic heterocycles. The maximum absolute atomic E-state index is 9.94. The van der Waals surface area contributed by atoms with Crippen molar-refractivity contribution in [3.8, 4) is 0 Å². The third-order valence-electron chi connectivity index (χ3n) is 0.646. The van der Waals surface area contributed by atoms with Crippen LogP contribution in [-0.4, -0.2) is 6.29 Å². The minimum Gasteiger partial charge on any atom is -0.303 e. The largest absolute Gasteiger partial charge is 0.303 e. The van der Waals surface area contributed by atoms with E-state index >= 15 is 0 Å². The highest BCUT2D eigenvalue weighted by Gasteiger charge is 1.89. The Hall–Kier alpha value is -0.330. The second-order valence-corrected chi connectivity index (χ2v) is 1.21. The highest BCUT2D eigenvalue weighted by atomic mass is 16.1. The van der Waals surface area contributed by atoms with Gasteiger partial charge in [0.1, 0.15) is 6.29 Å². The lowest BCUT2D eigenvalue weighted by Gasteiger charge is -1.89. The highest BCUT2D eigenvalue weighted by molar-refractivity contribution is 5.52. The summed E-state index contributed by atoms with van der Waals surface area (Å²) in [5.74, 6) is -0.394. The Kier molecular flexibility index (Phi) is 1.34. The van der Waals surface area contributed by atoms with Crippen molar-refractivity contribution in [1.29, 1.82) is 0 Å². The number of carbonyl (C=O) groups is 1. The quantitative estimate of drug-likeness (QED) is 0.464. The van der Waals surface area contributed by atoms with Crippen molar-refractivity contribution in [2.75, 3.05) is 0 Å². The summed E-state index contributed by atoms with van der Waals surface area (Å²) >= 11 is 0. The predicted octanol–water partition coefficient (Wildman–Crippen LogP) is 1.23. The van der Waals surface area contributed by atoms with E-state index in [2.05, 4.69) is 0 Å². The zero-order valence-electron chi connectivity index (χ0n) is 5.85. The average molecular weight is 88.1 g/mol. The molecular formula is C5H10O. The van der Waals surface area contributed by atoms with Gasteiger partial charge in [0.05, 0.1) is 0 Å². The fraction of sp³-hybridized carbons (Fsp3) is 0.800. The summed E-state index contributed by atoms with van der Waals surface area (Å²) < 4.78 is 13.5. The molecule has 6 heavy (non-hydrogen) atoms. The van der Waals surface area contributed by atoms with Crippen LogP contribution in [0.25, 0.3) is 0 Å². The fourth-order valence-electron chi connectivity index (χ4n) is 0.0962. The van der Waals surface area contributed by atoms with Gasteiger partial charge >= 0.3 is 0 Å². The molecule has 1 nitrogen and oxygen atoms in total. The molecule has 0 amide bonds. The SMILES string of the molecule is [2H]C([2H])C(C=O)CC.